The van der Waals surface area contributed by atoms with Crippen LogP contribution in [-0.4, -0.2) is 61.0 Å². The summed E-state index contributed by atoms with van der Waals surface area (Å²) in [6.07, 6.45) is 3.49. The SMILES string of the molecule is CCCOCC(=O)N1CCOC[C@@H]1[C@@H]1CCC[C@@H]1O. The van der Waals surface area contributed by atoms with Crippen LogP contribution in [0.3, 0.4) is 0 Å². The van der Waals surface area contributed by atoms with Gasteiger partial charge in [-0.3, -0.25) is 4.79 Å². The number of rotatable bonds is 5. The average molecular weight is 271 g/mol. The highest BCUT2D eigenvalue weighted by Crippen LogP contribution is 2.32. The molecule has 1 aliphatic heterocycles. The number of nitrogens with zero attached hydrogens (tertiary/aromatic N) is 1. The van der Waals surface area contributed by atoms with E-state index in [0.29, 0.717) is 26.4 Å². The fourth-order valence-corrected chi connectivity index (χ4v) is 3.09. The Bertz CT molecular complexity index is 297. The van der Waals surface area contributed by atoms with Crippen LogP contribution >= 0.6 is 0 Å². The van der Waals surface area contributed by atoms with Gasteiger partial charge in [0.1, 0.15) is 6.61 Å². The minimum atomic E-state index is -0.293. The molecule has 0 radical (unpaired) electrons. The summed E-state index contributed by atoms with van der Waals surface area (Å²) in [5.74, 6) is 0.191. The third-order valence-electron chi connectivity index (χ3n) is 4.09. The maximum absolute atomic E-state index is 12.2. The monoisotopic (exact) mass is 271 g/mol. The Hall–Kier alpha value is -0.650. The molecule has 1 saturated carbocycles. The van der Waals surface area contributed by atoms with E-state index in [1.165, 1.54) is 0 Å². The van der Waals surface area contributed by atoms with Gasteiger partial charge in [0.25, 0.3) is 0 Å². The number of morpholine rings is 1. The molecule has 1 amide bonds. The molecule has 1 aliphatic carbocycles. The summed E-state index contributed by atoms with van der Waals surface area (Å²) in [6, 6.07) is 0.0176. The normalized spacial score (nSPS) is 31.7. The van der Waals surface area contributed by atoms with Crippen LogP contribution in [0.2, 0.25) is 0 Å². The van der Waals surface area contributed by atoms with Gasteiger partial charge in [0.05, 0.1) is 25.4 Å². The van der Waals surface area contributed by atoms with Crippen molar-refractivity contribution in [2.75, 3.05) is 33.0 Å². The highest BCUT2D eigenvalue weighted by molar-refractivity contribution is 5.78. The van der Waals surface area contributed by atoms with Crippen LogP contribution in [0.4, 0.5) is 0 Å². The lowest BCUT2D eigenvalue weighted by molar-refractivity contribution is -0.148. The second-order valence-corrected chi connectivity index (χ2v) is 5.44. The highest BCUT2D eigenvalue weighted by atomic mass is 16.5. The molecular formula is C14H25NO4. The molecule has 0 aromatic rings. The quantitative estimate of drug-likeness (QED) is 0.752. The van der Waals surface area contributed by atoms with Crippen LogP contribution in [0, 0.1) is 5.92 Å². The van der Waals surface area contributed by atoms with Gasteiger partial charge in [-0.15, -0.1) is 0 Å². The van der Waals surface area contributed by atoms with Crippen LogP contribution in [-0.2, 0) is 14.3 Å². The Morgan fingerprint density at radius 3 is 3.00 bits per heavy atom. The number of carbonyl (C=O) groups is 1. The van der Waals surface area contributed by atoms with Crippen molar-refractivity contribution < 1.29 is 19.4 Å². The second-order valence-electron chi connectivity index (χ2n) is 5.44. The number of aliphatic hydroxyl groups excluding tert-OH is 1. The Labute approximate surface area is 114 Å². The van der Waals surface area contributed by atoms with E-state index in [9.17, 15) is 9.90 Å². The number of ether oxygens (including phenoxy) is 2. The van der Waals surface area contributed by atoms with Crippen molar-refractivity contribution in [3.63, 3.8) is 0 Å². The molecule has 3 atom stereocenters. The van der Waals surface area contributed by atoms with Gasteiger partial charge in [0, 0.05) is 19.1 Å². The fourth-order valence-electron chi connectivity index (χ4n) is 3.09. The molecule has 1 N–H and O–H groups in total. The largest absolute Gasteiger partial charge is 0.393 e. The zero-order valence-corrected chi connectivity index (χ0v) is 11.7. The number of aliphatic hydroxyl groups is 1. The maximum Gasteiger partial charge on any atom is 0.248 e. The first kappa shape index (κ1) is 14.8. The lowest BCUT2D eigenvalue weighted by atomic mass is 9.94. The summed E-state index contributed by atoms with van der Waals surface area (Å²) in [4.78, 5) is 14.1. The van der Waals surface area contributed by atoms with Crippen molar-refractivity contribution in [3.05, 3.63) is 0 Å². The second kappa shape index (κ2) is 7.22. The van der Waals surface area contributed by atoms with E-state index >= 15 is 0 Å². The topological polar surface area (TPSA) is 59.0 Å². The predicted octanol–water partition coefficient (Wildman–Crippen LogP) is 0.801. The first-order valence-corrected chi connectivity index (χ1v) is 7.37. The minimum absolute atomic E-state index is 0.0176. The Morgan fingerprint density at radius 1 is 1.47 bits per heavy atom. The molecule has 0 unspecified atom stereocenters. The first-order valence-electron chi connectivity index (χ1n) is 7.37. The van der Waals surface area contributed by atoms with Gasteiger partial charge in [-0.1, -0.05) is 13.3 Å². The van der Waals surface area contributed by atoms with Crippen molar-refractivity contribution >= 4 is 5.91 Å². The van der Waals surface area contributed by atoms with Crippen molar-refractivity contribution in [1.29, 1.82) is 0 Å². The first-order chi connectivity index (χ1) is 9.24. The van der Waals surface area contributed by atoms with E-state index in [1.54, 1.807) is 0 Å². The van der Waals surface area contributed by atoms with Crippen LogP contribution in [0.1, 0.15) is 32.6 Å². The lowest BCUT2D eigenvalue weighted by Crippen LogP contribution is -2.54. The van der Waals surface area contributed by atoms with Crippen LogP contribution in [0.5, 0.6) is 0 Å². The van der Waals surface area contributed by atoms with Crippen molar-refractivity contribution in [1.82, 2.24) is 4.90 Å². The van der Waals surface area contributed by atoms with E-state index in [2.05, 4.69) is 0 Å². The van der Waals surface area contributed by atoms with Crippen molar-refractivity contribution in [2.24, 2.45) is 5.92 Å². The third kappa shape index (κ3) is 3.68. The molecule has 2 rings (SSSR count). The Morgan fingerprint density at radius 2 is 2.32 bits per heavy atom. The molecule has 1 heterocycles. The standard InChI is InChI=1S/C14H25NO4/c1-2-7-18-10-14(17)15-6-8-19-9-12(15)11-4-3-5-13(11)16/h11-13,16H,2-10H2,1H3/t11-,12+,13-/m0/s1. The van der Waals surface area contributed by atoms with Gasteiger partial charge < -0.3 is 19.5 Å². The van der Waals surface area contributed by atoms with Gasteiger partial charge in [0.15, 0.2) is 0 Å². The van der Waals surface area contributed by atoms with Crippen LogP contribution < -0.4 is 0 Å². The smallest absolute Gasteiger partial charge is 0.248 e. The summed E-state index contributed by atoms with van der Waals surface area (Å²) < 4.78 is 10.8. The van der Waals surface area contributed by atoms with Gasteiger partial charge in [-0.25, -0.2) is 0 Å². The third-order valence-corrected chi connectivity index (χ3v) is 4.09. The molecule has 0 aromatic heterocycles. The van der Waals surface area contributed by atoms with Crippen molar-refractivity contribution in [3.8, 4) is 0 Å². The van der Waals surface area contributed by atoms with Gasteiger partial charge in [0.2, 0.25) is 5.91 Å². The number of amides is 1. The molecule has 0 aromatic carbocycles. The molecule has 110 valence electrons. The predicted molar refractivity (Wildman–Crippen MR) is 70.8 cm³/mol. The molecule has 5 nitrogen and oxygen atoms in total. The lowest BCUT2D eigenvalue weighted by Gasteiger charge is -2.40. The minimum Gasteiger partial charge on any atom is -0.393 e. The maximum atomic E-state index is 12.2. The van der Waals surface area contributed by atoms with E-state index < -0.39 is 0 Å². The number of hydrogen-bond acceptors (Lipinski definition) is 4. The van der Waals surface area contributed by atoms with Gasteiger partial charge >= 0.3 is 0 Å². The van der Waals surface area contributed by atoms with Crippen molar-refractivity contribution in [2.45, 2.75) is 44.8 Å². The highest BCUT2D eigenvalue weighted by Gasteiger charge is 2.39. The summed E-state index contributed by atoms with van der Waals surface area (Å²) in [5.41, 5.74) is 0. The van der Waals surface area contributed by atoms with E-state index in [-0.39, 0.29) is 30.6 Å². The van der Waals surface area contributed by atoms with Crippen LogP contribution in [0.15, 0.2) is 0 Å². The average Bonchev–Trinajstić information content (AvgIpc) is 2.85. The van der Waals surface area contributed by atoms with Gasteiger partial charge in [-0.05, 0) is 19.3 Å². The number of carbonyl (C=O) groups excluding carboxylic acids is 1. The molecular weight excluding hydrogens is 246 g/mol. The van der Waals surface area contributed by atoms with Crippen LogP contribution in [0.25, 0.3) is 0 Å². The summed E-state index contributed by atoms with van der Waals surface area (Å²) in [5, 5.41) is 10.0. The van der Waals surface area contributed by atoms with E-state index in [1.807, 2.05) is 11.8 Å². The Kier molecular flexibility index (Phi) is 5.60. The molecule has 2 fully saturated rings. The summed E-state index contributed by atoms with van der Waals surface area (Å²) in [7, 11) is 0. The molecule has 0 spiro atoms. The number of hydrogen-bond donors (Lipinski definition) is 1. The zero-order chi connectivity index (χ0) is 13.7. The van der Waals surface area contributed by atoms with E-state index in [0.717, 1.165) is 25.7 Å². The summed E-state index contributed by atoms with van der Waals surface area (Å²) in [6.45, 7) is 4.53. The van der Waals surface area contributed by atoms with E-state index in [4.69, 9.17) is 9.47 Å². The fraction of sp³-hybridized carbons (Fsp3) is 0.929. The molecule has 0 bridgehead atoms. The van der Waals surface area contributed by atoms with Gasteiger partial charge in [-0.2, -0.15) is 0 Å². The molecule has 19 heavy (non-hydrogen) atoms. The molecule has 2 aliphatic rings. The zero-order valence-electron chi connectivity index (χ0n) is 11.7. The Balaban J connectivity index is 1.93. The summed E-state index contributed by atoms with van der Waals surface area (Å²) >= 11 is 0. The molecule has 1 saturated heterocycles. The molecule has 5 heteroatoms.